The molecule has 0 saturated carbocycles. The van der Waals surface area contributed by atoms with Gasteiger partial charge in [0, 0.05) is 19.3 Å². The lowest BCUT2D eigenvalue weighted by atomic mass is 9.87. The van der Waals surface area contributed by atoms with Crippen LogP contribution in [0.1, 0.15) is 39.2 Å². The Morgan fingerprint density at radius 2 is 1.90 bits per heavy atom. The van der Waals surface area contributed by atoms with Gasteiger partial charge in [-0.3, -0.25) is 4.79 Å². The molecule has 1 amide bonds. The average molecular weight is 290 g/mol. The first-order chi connectivity index (χ1) is 9.82. The van der Waals surface area contributed by atoms with Crippen molar-refractivity contribution in [1.29, 1.82) is 0 Å². The van der Waals surface area contributed by atoms with Crippen LogP contribution in [-0.4, -0.2) is 31.7 Å². The van der Waals surface area contributed by atoms with E-state index >= 15 is 0 Å². The van der Waals surface area contributed by atoms with E-state index in [0.29, 0.717) is 6.54 Å². The van der Waals surface area contributed by atoms with Crippen molar-refractivity contribution in [2.45, 2.75) is 51.2 Å². The third-order valence-corrected chi connectivity index (χ3v) is 4.10. The molecule has 1 aliphatic heterocycles. The topological polar surface area (TPSA) is 55.6 Å². The summed E-state index contributed by atoms with van der Waals surface area (Å²) in [6, 6.07) is 8.15. The van der Waals surface area contributed by atoms with Gasteiger partial charge in [0.25, 0.3) is 5.91 Å². The fraction of sp³-hybridized carbons (Fsp3) is 0.588. The van der Waals surface area contributed by atoms with Gasteiger partial charge in [-0.1, -0.05) is 32.9 Å². The summed E-state index contributed by atoms with van der Waals surface area (Å²) in [5.41, 5.74) is 7.86. The van der Waals surface area contributed by atoms with Gasteiger partial charge >= 0.3 is 0 Å². The van der Waals surface area contributed by atoms with Crippen LogP contribution in [0.2, 0.25) is 0 Å². The van der Waals surface area contributed by atoms with Gasteiger partial charge in [-0.15, -0.1) is 0 Å². The lowest BCUT2D eigenvalue weighted by molar-refractivity contribution is -0.128. The van der Waals surface area contributed by atoms with Crippen molar-refractivity contribution in [2.75, 3.05) is 18.5 Å². The number of ether oxygens (including phenoxy) is 1. The van der Waals surface area contributed by atoms with Gasteiger partial charge in [-0.2, -0.15) is 0 Å². The van der Waals surface area contributed by atoms with E-state index in [4.69, 9.17) is 10.5 Å². The standard InChI is InChI=1S/C17H26N2O2/c1-17(2,3)12-5-7-13(8-6-12)19(4)16(20)15-10-9-14(11-18)21-15/h5-8,14-15H,9-11,18H2,1-4H3/t14-,15+/m1/s1. The Morgan fingerprint density at radius 1 is 1.29 bits per heavy atom. The normalized spacial score (nSPS) is 22.3. The van der Waals surface area contributed by atoms with Crippen LogP contribution >= 0.6 is 0 Å². The molecule has 0 spiro atoms. The summed E-state index contributed by atoms with van der Waals surface area (Å²) in [7, 11) is 1.80. The van der Waals surface area contributed by atoms with E-state index in [1.807, 2.05) is 12.1 Å². The highest BCUT2D eigenvalue weighted by atomic mass is 16.5. The Bertz CT molecular complexity index is 491. The first-order valence-electron chi connectivity index (χ1n) is 7.56. The average Bonchev–Trinajstić information content (AvgIpc) is 2.94. The van der Waals surface area contributed by atoms with Crippen LogP contribution in [0.4, 0.5) is 5.69 Å². The molecule has 0 aliphatic carbocycles. The molecule has 0 radical (unpaired) electrons. The summed E-state index contributed by atoms with van der Waals surface area (Å²) in [5, 5.41) is 0. The Balaban J connectivity index is 2.06. The highest BCUT2D eigenvalue weighted by Crippen LogP contribution is 2.26. The number of rotatable bonds is 3. The van der Waals surface area contributed by atoms with Crippen molar-refractivity contribution in [2.24, 2.45) is 5.73 Å². The minimum absolute atomic E-state index is 0.00876. The van der Waals surface area contributed by atoms with Crippen LogP contribution in [0.25, 0.3) is 0 Å². The maximum Gasteiger partial charge on any atom is 0.255 e. The Labute approximate surface area is 127 Å². The molecule has 0 bridgehead atoms. The lowest BCUT2D eigenvalue weighted by Gasteiger charge is -2.23. The van der Waals surface area contributed by atoms with Gasteiger partial charge in [0.1, 0.15) is 6.10 Å². The minimum atomic E-state index is -0.356. The molecule has 1 heterocycles. The zero-order valence-electron chi connectivity index (χ0n) is 13.4. The van der Waals surface area contributed by atoms with Crippen LogP contribution < -0.4 is 10.6 Å². The SMILES string of the molecule is CN(C(=O)[C@@H]1CC[C@H](CN)O1)c1ccc(C(C)(C)C)cc1. The largest absolute Gasteiger partial charge is 0.364 e. The van der Waals surface area contributed by atoms with Crippen molar-refractivity contribution in [3.8, 4) is 0 Å². The van der Waals surface area contributed by atoms with Crippen molar-refractivity contribution >= 4 is 11.6 Å². The summed E-state index contributed by atoms with van der Waals surface area (Å²) in [6.07, 6.45) is 1.29. The predicted octanol–water partition coefficient (Wildman–Crippen LogP) is 2.45. The first kappa shape index (κ1) is 16.0. The Morgan fingerprint density at radius 3 is 2.38 bits per heavy atom. The summed E-state index contributed by atoms with van der Waals surface area (Å²) >= 11 is 0. The number of benzene rings is 1. The molecule has 4 heteroatoms. The maximum absolute atomic E-state index is 12.4. The molecule has 1 aromatic rings. The molecular weight excluding hydrogens is 264 g/mol. The van der Waals surface area contributed by atoms with E-state index in [1.54, 1.807) is 11.9 Å². The summed E-state index contributed by atoms with van der Waals surface area (Å²) in [6.45, 7) is 7.01. The van der Waals surface area contributed by atoms with E-state index in [-0.39, 0.29) is 23.5 Å². The predicted molar refractivity (Wildman–Crippen MR) is 85.5 cm³/mol. The van der Waals surface area contributed by atoms with Crippen LogP contribution in [0.15, 0.2) is 24.3 Å². The van der Waals surface area contributed by atoms with E-state index in [0.717, 1.165) is 18.5 Å². The molecular formula is C17H26N2O2. The quantitative estimate of drug-likeness (QED) is 0.930. The lowest BCUT2D eigenvalue weighted by Crippen LogP contribution is -2.37. The van der Waals surface area contributed by atoms with Crippen molar-refractivity contribution < 1.29 is 9.53 Å². The number of nitrogens with two attached hydrogens (primary N) is 1. The third kappa shape index (κ3) is 3.63. The highest BCUT2D eigenvalue weighted by molar-refractivity contribution is 5.96. The van der Waals surface area contributed by atoms with E-state index in [1.165, 1.54) is 5.56 Å². The number of likely N-dealkylation sites (N-methyl/N-ethyl adjacent to an activating group) is 1. The fourth-order valence-corrected chi connectivity index (χ4v) is 2.59. The zero-order chi connectivity index (χ0) is 15.6. The second-order valence-corrected chi connectivity index (χ2v) is 6.75. The van der Waals surface area contributed by atoms with Crippen LogP contribution in [0.3, 0.4) is 0 Å². The fourth-order valence-electron chi connectivity index (χ4n) is 2.59. The Hall–Kier alpha value is -1.39. The molecule has 0 aromatic heterocycles. The maximum atomic E-state index is 12.4. The van der Waals surface area contributed by atoms with Crippen LogP contribution in [0, 0.1) is 0 Å². The van der Waals surface area contributed by atoms with Gasteiger partial charge in [0.05, 0.1) is 6.10 Å². The zero-order valence-corrected chi connectivity index (χ0v) is 13.4. The molecule has 0 unspecified atom stereocenters. The molecule has 116 valence electrons. The van der Waals surface area contributed by atoms with Crippen LogP contribution in [-0.2, 0) is 14.9 Å². The summed E-state index contributed by atoms with van der Waals surface area (Å²) in [5.74, 6) is 0.00876. The van der Waals surface area contributed by atoms with Gasteiger partial charge in [-0.25, -0.2) is 0 Å². The number of hydrogen-bond donors (Lipinski definition) is 1. The molecule has 4 nitrogen and oxygen atoms in total. The number of nitrogens with zero attached hydrogens (tertiary/aromatic N) is 1. The van der Waals surface area contributed by atoms with Crippen molar-refractivity contribution in [1.82, 2.24) is 0 Å². The summed E-state index contributed by atoms with van der Waals surface area (Å²) < 4.78 is 5.68. The van der Waals surface area contributed by atoms with Gasteiger partial charge in [-0.05, 0) is 36.0 Å². The molecule has 21 heavy (non-hydrogen) atoms. The highest BCUT2D eigenvalue weighted by Gasteiger charge is 2.32. The number of amides is 1. The second kappa shape index (κ2) is 6.16. The first-order valence-corrected chi connectivity index (χ1v) is 7.56. The molecule has 2 atom stereocenters. The van der Waals surface area contributed by atoms with Crippen LogP contribution in [0.5, 0.6) is 0 Å². The molecule has 1 aromatic carbocycles. The monoisotopic (exact) mass is 290 g/mol. The van der Waals surface area contributed by atoms with E-state index < -0.39 is 0 Å². The number of carbonyl (C=O) groups excluding carboxylic acids is 1. The smallest absolute Gasteiger partial charge is 0.255 e. The van der Waals surface area contributed by atoms with Gasteiger partial charge in [0.2, 0.25) is 0 Å². The van der Waals surface area contributed by atoms with Gasteiger partial charge in [0.15, 0.2) is 0 Å². The Kier molecular flexibility index (Phi) is 4.69. The number of carbonyl (C=O) groups is 1. The van der Waals surface area contributed by atoms with Crippen molar-refractivity contribution in [3.63, 3.8) is 0 Å². The molecule has 1 aliphatic rings. The molecule has 1 saturated heterocycles. The second-order valence-electron chi connectivity index (χ2n) is 6.75. The summed E-state index contributed by atoms with van der Waals surface area (Å²) in [4.78, 5) is 14.1. The minimum Gasteiger partial charge on any atom is -0.364 e. The van der Waals surface area contributed by atoms with E-state index in [9.17, 15) is 4.79 Å². The number of hydrogen-bond acceptors (Lipinski definition) is 3. The van der Waals surface area contributed by atoms with Gasteiger partial charge < -0.3 is 15.4 Å². The number of anilines is 1. The third-order valence-electron chi connectivity index (χ3n) is 4.10. The van der Waals surface area contributed by atoms with Crippen molar-refractivity contribution in [3.05, 3.63) is 29.8 Å². The molecule has 1 fully saturated rings. The molecule has 2 rings (SSSR count). The van der Waals surface area contributed by atoms with E-state index in [2.05, 4.69) is 32.9 Å². The molecule has 2 N–H and O–H groups in total.